The lowest BCUT2D eigenvalue weighted by Crippen LogP contribution is -2.32. The summed E-state index contributed by atoms with van der Waals surface area (Å²) in [5.41, 5.74) is 1.97. The monoisotopic (exact) mass is 278 g/mol. The van der Waals surface area contributed by atoms with E-state index in [2.05, 4.69) is 24.1 Å². The van der Waals surface area contributed by atoms with E-state index in [1.807, 2.05) is 24.3 Å². The number of carboxylic acids is 1. The van der Waals surface area contributed by atoms with Crippen LogP contribution >= 0.6 is 0 Å². The minimum Gasteiger partial charge on any atom is -0.481 e. The van der Waals surface area contributed by atoms with Gasteiger partial charge < -0.3 is 15.3 Å². The SMILES string of the molecule is CCCN(CC)CCNCc1ccccc1CC(=O)O. The zero-order valence-electron chi connectivity index (χ0n) is 12.6. The molecule has 0 saturated heterocycles. The van der Waals surface area contributed by atoms with Crippen molar-refractivity contribution in [1.82, 2.24) is 10.2 Å². The van der Waals surface area contributed by atoms with Crippen molar-refractivity contribution in [2.75, 3.05) is 26.2 Å². The number of likely N-dealkylation sites (N-methyl/N-ethyl adjacent to an activating group) is 1. The standard InChI is InChI=1S/C16H26N2O2/c1-3-10-18(4-2)11-9-17-13-15-8-6-5-7-14(15)12-16(19)20/h5-8,17H,3-4,9-13H2,1-2H3,(H,19,20). The van der Waals surface area contributed by atoms with Crippen LogP contribution in [0.4, 0.5) is 0 Å². The second kappa shape index (κ2) is 9.50. The maximum Gasteiger partial charge on any atom is 0.307 e. The summed E-state index contributed by atoms with van der Waals surface area (Å²) >= 11 is 0. The molecule has 0 spiro atoms. The van der Waals surface area contributed by atoms with Crippen LogP contribution in [-0.4, -0.2) is 42.2 Å². The molecule has 0 unspecified atom stereocenters. The van der Waals surface area contributed by atoms with Gasteiger partial charge in [0.25, 0.3) is 0 Å². The van der Waals surface area contributed by atoms with Crippen molar-refractivity contribution < 1.29 is 9.90 Å². The van der Waals surface area contributed by atoms with Crippen molar-refractivity contribution in [2.45, 2.75) is 33.2 Å². The maximum absolute atomic E-state index is 10.8. The minimum atomic E-state index is -0.780. The Kier molecular flexibility index (Phi) is 7.92. The Hall–Kier alpha value is -1.39. The molecule has 1 aromatic rings. The number of nitrogens with one attached hydrogen (secondary N) is 1. The van der Waals surface area contributed by atoms with Crippen molar-refractivity contribution in [3.8, 4) is 0 Å². The molecule has 1 rings (SSSR count). The largest absolute Gasteiger partial charge is 0.481 e. The topological polar surface area (TPSA) is 52.6 Å². The van der Waals surface area contributed by atoms with Crippen LogP contribution in [0, 0.1) is 0 Å². The first-order valence-electron chi connectivity index (χ1n) is 7.39. The van der Waals surface area contributed by atoms with Gasteiger partial charge in [0.15, 0.2) is 0 Å². The van der Waals surface area contributed by atoms with Crippen LogP contribution in [0.1, 0.15) is 31.4 Å². The van der Waals surface area contributed by atoms with Gasteiger partial charge in [-0.05, 0) is 30.6 Å². The lowest BCUT2D eigenvalue weighted by atomic mass is 10.0. The molecule has 0 aliphatic rings. The molecule has 0 heterocycles. The minimum absolute atomic E-state index is 0.0920. The summed E-state index contributed by atoms with van der Waals surface area (Å²) in [4.78, 5) is 13.2. The maximum atomic E-state index is 10.8. The number of aliphatic carboxylic acids is 1. The summed E-state index contributed by atoms with van der Waals surface area (Å²) in [5.74, 6) is -0.780. The first-order valence-corrected chi connectivity index (χ1v) is 7.39. The highest BCUT2D eigenvalue weighted by Crippen LogP contribution is 2.09. The van der Waals surface area contributed by atoms with E-state index >= 15 is 0 Å². The molecule has 1 aromatic carbocycles. The molecular formula is C16H26N2O2. The second-order valence-electron chi connectivity index (χ2n) is 4.95. The summed E-state index contributed by atoms with van der Waals surface area (Å²) in [7, 11) is 0. The third kappa shape index (κ3) is 6.17. The highest BCUT2D eigenvalue weighted by Gasteiger charge is 2.06. The van der Waals surface area contributed by atoms with Crippen LogP contribution in [0.2, 0.25) is 0 Å². The molecule has 4 heteroatoms. The average molecular weight is 278 g/mol. The third-order valence-corrected chi connectivity index (χ3v) is 3.37. The number of carboxylic acid groups (broad SMARTS) is 1. The van der Waals surface area contributed by atoms with Gasteiger partial charge in [-0.3, -0.25) is 4.79 Å². The van der Waals surface area contributed by atoms with Crippen LogP contribution in [0.25, 0.3) is 0 Å². The lowest BCUT2D eigenvalue weighted by molar-refractivity contribution is -0.136. The second-order valence-corrected chi connectivity index (χ2v) is 4.95. The van der Waals surface area contributed by atoms with Crippen molar-refractivity contribution in [2.24, 2.45) is 0 Å². The zero-order chi connectivity index (χ0) is 14.8. The molecule has 0 aromatic heterocycles. The number of carbonyl (C=O) groups is 1. The fourth-order valence-corrected chi connectivity index (χ4v) is 2.27. The molecule has 0 fully saturated rings. The van der Waals surface area contributed by atoms with Crippen molar-refractivity contribution >= 4 is 5.97 Å². The van der Waals surface area contributed by atoms with Gasteiger partial charge in [-0.25, -0.2) is 0 Å². The zero-order valence-corrected chi connectivity index (χ0v) is 12.6. The molecule has 0 amide bonds. The number of nitrogens with zero attached hydrogens (tertiary/aromatic N) is 1. The molecule has 112 valence electrons. The molecular weight excluding hydrogens is 252 g/mol. The van der Waals surface area contributed by atoms with Crippen molar-refractivity contribution in [3.05, 3.63) is 35.4 Å². The van der Waals surface area contributed by atoms with Crippen LogP contribution in [0.15, 0.2) is 24.3 Å². The van der Waals surface area contributed by atoms with Crippen LogP contribution in [0.3, 0.4) is 0 Å². The highest BCUT2D eigenvalue weighted by atomic mass is 16.4. The summed E-state index contributed by atoms with van der Waals surface area (Å²) in [6.07, 6.45) is 1.27. The number of hydrogen-bond acceptors (Lipinski definition) is 3. The van der Waals surface area contributed by atoms with E-state index < -0.39 is 5.97 Å². The van der Waals surface area contributed by atoms with Crippen molar-refractivity contribution in [3.63, 3.8) is 0 Å². The average Bonchev–Trinajstić information content (AvgIpc) is 2.43. The Morgan fingerprint density at radius 3 is 2.50 bits per heavy atom. The van der Waals surface area contributed by atoms with E-state index in [4.69, 9.17) is 5.11 Å². The van der Waals surface area contributed by atoms with Crippen LogP contribution in [-0.2, 0) is 17.8 Å². The molecule has 0 aliphatic carbocycles. The predicted octanol–water partition coefficient (Wildman–Crippen LogP) is 2.14. The Morgan fingerprint density at radius 2 is 1.90 bits per heavy atom. The van der Waals surface area contributed by atoms with E-state index in [9.17, 15) is 4.79 Å². The van der Waals surface area contributed by atoms with E-state index in [0.29, 0.717) is 0 Å². The predicted molar refractivity (Wildman–Crippen MR) is 81.9 cm³/mol. The third-order valence-electron chi connectivity index (χ3n) is 3.37. The Morgan fingerprint density at radius 1 is 1.20 bits per heavy atom. The Bertz CT molecular complexity index is 407. The quantitative estimate of drug-likeness (QED) is 0.644. The summed E-state index contributed by atoms with van der Waals surface area (Å²) in [5, 5.41) is 12.3. The Balaban J connectivity index is 2.40. The van der Waals surface area contributed by atoms with Gasteiger partial charge in [0.05, 0.1) is 6.42 Å². The fourth-order valence-electron chi connectivity index (χ4n) is 2.27. The van der Waals surface area contributed by atoms with E-state index in [-0.39, 0.29) is 6.42 Å². The lowest BCUT2D eigenvalue weighted by Gasteiger charge is -2.19. The highest BCUT2D eigenvalue weighted by molar-refractivity contribution is 5.70. The number of hydrogen-bond donors (Lipinski definition) is 2. The van der Waals surface area contributed by atoms with E-state index in [1.165, 1.54) is 6.42 Å². The van der Waals surface area contributed by atoms with Crippen LogP contribution in [0.5, 0.6) is 0 Å². The first kappa shape index (κ1) is 16.7. The van der Waals surface area contributed by atoms with Crippen molar-refractivity contribution in [1.29, 1.82) is 0 Å². The van der Waals surface area contributed by atoms with Gasteiger partial charge in [-0.15, -0.1) is 0 Å². The molecule has 0 saturated carbocycles. The summed E-state index contributed by atoms with van der Waals surface area (Å²) in [6.45, 7) is 9.27. The molecule has 0 bridgehead atoms. The first-order chi connectivity index (χ1) is 9.67. The molecule has 2 N–H and O–H groups in total. The molecule has 0 radical (unpaired) electrons. The molecule has 20 heavy (non-hydrogen) atoms. The molecule has 0 aliphatic heterocycles. The van der Waals surface area contributed by atoms with E-state index in [1.54, 1.807) is 0 Å². The summed E-state index contributed by atoms with van der Waals surface area (Å²) < 4.78 is 0. The number of rotatable bonds is 10. The molecule has 0 atom stereocenters. The summed E-state index contributed by atoms with van der Waals surface area (Å²) in [6, 6.07) is 7.73. The normalized spacial score (nSPS) is 10.9. The van der Waals surface area contributed by atoms with Gasteiger partial charge in [-0.2, -0.15) is 0 Å². The van der Waals surface area contributed by atoms with Crippen LogP contribution < -0.4 is 5.32 Å². The number of benzene rings is 1. The molecule has 4 nitrogen and oxygen atoms in total. The Labute approximate surface area is 121 Å². The van der Waals surface area contributed by atoms with Gasteiger partial charge in [0, 0.05) is 19.6 Å². The smallest absolute Gasteiger partial charge is 0.307 e. The van der Waals surface area contributed by atoms with Gasteiger partial charge >= 0.3 is 5.97 Å². The van der Waals surface area contributed by atoms with Gasteiger partial charge in [0.1, 0.15) is 0 Å². The van der Waals surface area contributed by atoms with Gasteiger partial charge in [0.2, 0.25) is 0 Å². The van der Waals surface area contributed by atoms with E-state index in [0.717, 1.165) is 43.9 Å². The van der Waals surface area contributed by atoms with Gasteiger partial charge in [-0.1, -0.05) is 38.1 Å². The fraction of sp³-hybridized carbons (Fsp3) is 0.562.